The van der Waals surface area contributed by atoms with Gasteiger partial charge in [-0.1, -0.05) is 36.7 Å². The minimum absolute atomic E-state index is 0.469. The maximum atomic E-state index is 5.79. The Labute approximate surface area is 118 Å². The largest absolute Gasteiger partial charge is 0.493 e. The lowest BCUT2D eigenvalue weighted by Gasteiger charge is -2.13. The second-order valence-electron chi connectivity index (χ2n) is 5.73. The van der Waals surface area contributed by atoms with Crippen LogP contribution in [0.15, 0.2) is 22.7 Å². The van der Waals surface area contributed by atoms with Crippen LogP contribution < -0.4 is 10.1 Å². The monoisotopic (exact) mass is 311 g/mol. The molecule has 100 valence electrons. The van der Waals surface area contributed by atoms with Gasteiger partial charge in [0, 0.05) is 22.6 Å². The van der Waals surface area contributed by atoms with Crippen LogP contribution in [-0.2, 0) is 6.54 Å². The third-order valence-electron chi connectivity index (χ3n) is 3.54. The second kappa shape index (κ2) is 5.62. The van der Waals surface area contributed by atoms with Crippen LogP contribution in [0.4, 0.5) is 0 Å². The van der Waals surface area contributed by atoms with Crippen molar-refractivity contribution in [3.05, 3.63) is 28.2 Å². The van der Waals surface area contributed by atoms with Crippen LogP contribution in [0.3, 0.4) is 0 Å². The van der Waals surface area contributed by atoms with Crippen molar-refractivity contribution in [2.45, 2.75) is 46.2 Å². The van der Waals surface area contributed by atoms with Gasteiger partial charge in [-0.15, -0.1) is 0 Å². The third-order valence-corrected chi connectivity index (χ3v) is 4.03. The highest BCUT2D eigenvalue weighted by Crippen LogP contribution is 2.44. The normalized spacial score (nSPS) is 20.8. The molecule has 0 radical (unpaired) electrons. The standard InChI is InChI=1S/C15H22BrNO/c1-4-7-18-13-6-5-12(16)8-11(13)10-17-14-9-15(14,2)3/h5-6,8,14,17H,4,7,9-10H2,1-3H3. The van der Waals surface area contributed by atoms with E-state index in [2.05, 4.69) is 54.2 Å². The lowest BCUT2D eigenvalue weighted by Crippen LogP contribution is -2.20. The van der Waals surface area contributed by atoms with Crippen LogP contribution in [0.2, 0.25) is 0 Å². The van der Waals surface area contributed by atoms with Crippen molar-refractivity contribution in [2.75, 3.05) is 6.61 Å². The highest BCUT2D eigenvalue weighted by atomic mass is 79.9. The van der Waals surface area contributed by atoms with Gasteiger partial charge < -0.3 is 10.1 Å². The molecule has 0 heterocycles. The van der Waals surface area contributed by atoms with E-state index in [1.54, 1.807) is 0 Å². The fraction of sp³-hybridized carbons (Fsp3) is 0.600. The predicted molar refractivity (Wildman–Crippen MR) is 79.0 cm³/mol. The molecule has 2 rings (SSSR count). The summed E-state index contributed by atoms with van der Waals surface area (Å²) in [5.41, 5.74) is 1.71. The summed E-state index contributed by atoms with van der Waals surface area (Å²) >= 11 is 3.53. The summed E-state index contributed by atoms with van der Waals surface area (Å²) in [6.07, 6.45) is 2.31. The Bertz CT molecular complexity index is 417. The fourth-order valence-electron chi connectivity index (χ4n) is 2.09. The number of hydrogen-bond donors (Lipinski definition) is 1. The van der Waals surface area contributed by atoms with Crippen LogP contribution in [0.1, 0.15) is 39.2 Å². The molecule has 18 heavy (non-hydrogen) atoms. The van der Waals surface area contributed by atoms with Gasteiger partial charge in [0.1, 0.15) is 5.75 Å². The maximum Gasteiger partial charge on any atom is 0.123 e. The molecule has 1 unspecified atom stereocenters. The van der Waals surface area contributed by atoms with Crippen molar-refractivity contribution < 1.29 is 4.74 Å². The molecule has 1 N–H and O–H groups in total. The number of halogens is 1. The minimum atomic E-state index is 0.469. The van der Waals surface area contributed by atoms with Crippen molar-refractivity contribution >= 4 is 15.9 Å². The summed E-state index contributed by atoms with van der Waals surface area (Å²) in [6.45, 7) is 8.40. The molecule has 1 fully saturated rings. The van der Waals surface area contributed by atoms with Gasteiger partial charge in [-0.3, -0.25) is 0 Å². The van der Waals surface area contributed by atoms with Crippen molar-refractivity contribution in [3.63, 3.8) is 0 Å². The van der Waals surface area contributed by atoms with Crippen LogP contribution in [0, 0.1) is 5.41 Å². The molecule has 1 aromatic carbocycles. The number of rotatable bonds is 6. The van der Waals surface area contributed by atoms with E-state index in [1.807, 2.05) is 6.07 Å². The van der Waals surface area contributed by atoms with Crippen molar-refractivity contribution in [1.29, 1.82) is 0 Å². The number of hydrogen-bond acceptors (Lipinski definition) is 2. The van der Waals surface area contributed by atoms with Gasteiger partial charge in [0.05, 0.1) is 6.61 Å². The second-order valence-corrected chi connectivity index (χ2v) is 6.64. The molecule has 0 aromatic heterocycles. The average Bonchev–Trinajstić information content (AvgIpc) is 2.93. The summed E-state index contributed by atoms with van der Waals surface area (Å²) in [6, 6.07) is 6.88. The fourth-order valence-corrected chi connectivity index (χ4v) is 2.50. The molecule has 1 saturated carbocycles. The van der Waals surface area contributed by atoms with E-state index < -0.39 is 0 Å². The maximum absolute atomic E-state index is 5.79. The molecule has 1 aliphatic carbocycles. The zero-order chi connectivity index (χ0) is 13.2. The van der Waals surface area contributed by atoms with E-state index in [4.69, 9.17) is 4.74 Å². The van der Waals surface area contributed by atoms with Crippen LogP contribution in [0.25, 0.3) is 0 Å². The quantitative estimate of drug-likeness (QED) is 0.853. The molecule has 0 amide bonds. The number of nitrogens with one attached hydrogen (secondary N) is 1. The molecule has 1 aliphatic rings. The van der Waals surface area contributed by atoms with Crippen molar-refractivity contribution in [2.24, 2.45) is 5.41 Å². The van der Waals surface area contributed by atoms with Gasteiger partial charge in [0.25, 0.3) is 0 Å². The van der Waals surface area contributed by atoms with Gasteiger partial charge in [0.2, 0.25) is 0 Å². The van der Waals surface area contributed by atoms with Crippen LogP contribution in [-0.4, -0.2) is 12.6 Å². The van der Waals surface area contributed by atoms with E-state index in [-0.39, 0.29) is 0 Å². The highest BCUT2D eigenvalue weighted by Gasteiger charge is 2.45. The Morgan fingerprint density at radius 1 is 1.44 bits per heavy atom. The lowest BCUT2D eigenvalue weighted by molar-refractivity contribution is 0.313. The lowest BCUT2D eigenvalue weighted by atomic mass is 10.1. The number of ether oxygens (including phenoxy) is 1. The van der Waals surface area contributed by atoms with Gasteiger partial charge >= 0.3 is 0 Å². The predicted octanol–water partition coefficient (Wildman–Crippen LogP) is 4.13. The third kappa shape index (κ3) is 3.48. The smallest absolute Gasteiger partial charge is 0.123 e. The zero-order valence-corrected chi connectivity index (χ0v) is 13.0. The summed E-state index contributed by atoms with van der Waals surface area (Å²) in [5.74, 6) is 1.01. The Kier molecular flexibility index (Phi) is 4.33. The molecule has 1 aromatic rings. The van der Waals surface area contributed by atoms with E-state index in [9.17, 15) is 0 Å². The Hall–Kier alpha value is -0.540. The summed E-state index contributed by atoms with van der Waals surface area (Å²) < 4.78 is 6.89. The van der Waals surface area contributed by atoms with Gasteiger partial charge in [-0.25, -0.2) is 0 Å². The van der Waals surface area contributed by atoms with Crippen LogP contribution in [0.5, 0.6) is 5.75 Å². The molecular weight excluding hydrogens is 290 g/mol. The first-order valence-electron chi connectivity index (χ1n) is 6.67. The average molecular weight is 312 g/mol. The first-order valence-corrected chi connectivity index (χ1v) is 7.47. The van der Waals surface area contributed by atoms with Crippen LogP contribution >= 0.6 is 15.9 Å². The molecule has 1 atom stereocenters. The topological polar surface area (TPSA) is 21.3 Å². The highest BCUT2D eigenvalue weighted by molar-refractivity contribution is 9.10. The summed E-state index contributed by atoms with van der Waals surface area (Å²) in [5, 5.41) is 3.61. The zero-order valence-electron chi connectivity index (χ0n) is 11.4. The van der Waals surface area contributed by atoms with E-state index in [1.165, 1.54) is 12.0 Å². The van der Waals surface area contributed by atoms with E-state index in [0.29, 0.717) is 11.5 Å². The minimum Gasteiger partial charge on any atom is -0.493 e. The van der Waals surface area contributed by atoms with Gasteiger partial charge in [-0.2, -0.15) is 0 Å². The van der Waals surface area contributed by atoms with Gasteiger partial charge in [0.15, 0.2) is 0 Å². The summed E-state index contributed by atoms with van der Waals surface area (Å²) in [7, 11) is 0. The van der Waals surface area contributed by atoms with E-state index >= 15 is 0 Å². The van der Waals surface area contributed by atoms with E-state index in [0.717, 1.165) is 29.8 Å². The van der Waals surface area contributed by atoms with Crippen molar-refractivity contribution in [1.82, 2.24) is 5.32 Å². The first kappa shape index (κ1) is 13.9. The Balaban J connectivity index is 1.98. The van der Waals surface area contributed by atoms with Crippen molar-refractivity contribution in [3.8, 4) is 5.75 Å². The summed E-state index contributed by atoms with van der Waals surface area (Å²) in [4.78, 5) is 0. The molecule has 0 bridgehead atoms. The number of benzene rings is 1. The first-order chi connectivity index (χ1) is 8.53. The molecule has 0 aliphatic heterocycles. The molecule has 0 spiro atoms. The molecule has 0 saturated heterocycles. The Morgan fingerprint density at radius 2 is 2.17 bits per heavy atom. The molecular formula is C15H22BrNO. The SMILES string of the molecule is CCCOc1ccc(Br)cc1CNC1CC1(C)C. The molecule has 2 nitrogen and oxygen atoms in total. The van der Waals surface area contributed by atoms with Gasteiger partial charge in [-0.05, 0) is 36.5 Å². The Morgan fingerprint density at radius 3 is 2.78 bits per heavy atom. The molecule has 3 heteroatoms.